The van der Waals surface area contributed by atoms with Crippen molar-refractivity contribution < 1.29 is 18.7 Å². The Bertz CT molecular complexity index is 714. The third-order valence-corrected chi connectivity index (χ3v) is 4.49. The van der Waals surface area contributed by atoms with E-state index < -0.39 is 17.7 Å². The summed E-state index contributed by atoms with van der Waals surface area (Å²) in [6.45, 7) is 1.78. The summed E-state index contributed by atoms with van der Waals surface area (Å²) in [5, 5.41) is 4.42. The van der Waals surface area contributed by atoms with Crippen LogP contribution in [0.2, 0.25) is 0 Å². The summed E-state index contributed by atoms with van der Waals surface area (Å²) in [6.07, 6.45) is 0. The van der Waals surface area contributed by atoms with Gasteiger partial charge in [-0.1, -0.05) is 0 Å². The number of ether oxygens (including phenoxy) is 1. The third-order valence-electron chi connectivity index (χ3n) is 2.76. The molecule has 0 saturated carbocycles. The molecule has 4 nitrogen and oxygen atoms in total. The highest BCUT2D eigenvalue weighted by molar-refractivity contribution is 9.10. The molecule has 1 aromatic carbocycles. The molecule has 0 bridgehead atoms. The average molecular weight is 372 g/mol. The van der Waals surface area contributed by atoms with Gasteiger partial charge < -0.3 is 10.1 Å². The Hall–Kier alpha value is -1.73. The lowest BCUT2D eigenvalue weighted by molar-refractivity contribution is 0.0607. The van der Waals surface area contributed by atoms with Gasteiger partial charge in [0, 0.05) is 4.47 Å². The van der Waals surface area contributed by atoms with Crippen molar-refractivity contribution in [3.63, 3.8) is 0 Å². The van der Waals surface area contributed by atoms with Crippen LogP contribution in [0, 0.1) is 12.7 Å². The monoisotopic (exact) mass is 371 g/mol. The Balaban J connectivity index is 2.32. The molecule has 1 aromatic heterocycles. The van der Waals surface area contributed by atoms with E-state index in [0.717, 1.165) is 5.56 Å². The van der Waals surface area contributed by atoms with Gasteiger partial charge in [-0.05, 0) is 52.0 Å². The number of nitrogens with one attached hydrogen (secondary N) is 1. The van der Waals surface area contributed by atoms with E-state index >= 15 is 0 Å². The summed E-state index contributed by atoms with van der Waals surface area (Å²) in [4.78, 5) is 24.2. The summed E-state index contributed by atoms with van der Waals surface area (Å²) in [7, 11) is 1.28. The second-order valence-electron chi connectivity index (χ2n) is 4.19. The maximum atomic E-state index is 13.0. The Morgan fingerprint density at radius 2 is 2.10 bits per heavy atom. The smallest absolute Gasteiger partial charge is 0.350 e. The van der Waals surface area contributed by atoms with Crippen LogP contribution in [-0.4, -0.2) is 19.0 Å². The first-order valence-corrected chi connectivity index (χ1v) is 7.54. The van der Waals surface area contributed by atoms with Gasteiger partial charge in [-0.3, -0.25) is 4.79 Å². The van der Waals surface area contributed by atoms with Gasteiger partial charge in [-0.25, -0.2) is 9.18 Å². The minimum absolute atomic E-state index is 0.276. The van der Waals surface area contributed by atoms with E-state index in [1.165, 1.54) is 36.6 Å². The van der Waals surface area contributed by atoms with E-state index in [1.54, 1.807) is 12.3 Å². The number of rotatable bonds is 3. The summed E-state index contributed by atoms with van der Waals surface area (Å²) in [6, 6.07) is 3.77. The van der Waals surface area contributed by atoms with E-state index in [1.807, 2.05) is 0 Å². The molecule has 0 spiro atoms. The van der Waals surface area contributed by atoms with Crippen molar-refractivity contribution in [2.45, 2.75) is 6.92 Å². The normalized spacial score (nSPS) is 10.3. The molecule has 1 N–H and O–H groups in total. The van der Waals surface area contributed by atoms with Crippen molar-refractivity contribution in [1.29, 1.82) is 0 Å². The summed E-state index contributed by atoms with van der Waals surface area (Å²) in [5.41, 5.74) is 1.44. The zero-order valence-electron chi connectivity index (χ0n) is 11.2. The maximum Gasteiger partial charge on any atom is 0.350 e. The quantitative estimate of drug-likeness (QED) is 0.829. The molecule has 0 saturated heterocycles. The van der Waals surface area contributed by atoms with E-state index in [0.29, 0.717) is 15.0 Å². The molecule has 1 heterocycles. The fourth-order valence-corrected chi connectivity index (χ4v) is 3.15. The molecule has 2 aromatic rings. The van der Waals surface area contributed by atoms with Crippen LogP contribution in [0.1, 0.15) is 25.6 Å². The molecule has 0 radical (unpaired) electrons. The van der Waals surface area contributed by atoms with Gasteiger partial charge in [0.1, 0.15) is 10.7 Å². The number of amides is 1. The van der Waals surface area contributed by atoms with E-state index in [4.69, 9.17) is 0 Å². The lowest BCUT2D eigenvalue weighted by Crippen LogP contribution is -2.15. The molecule has 7 heteroatoms. The zero-order valence-corrected chi connectivity index (χ0v) is 13.6. The van der Waals surface area contributed by atoms with Gasteiger partial charge in [0.2, 0.25) is 0 Å². The topological polar surface area (TPSA) is 55.4 Å². The molecule has 0 fully saturated rings. The first-order valence-electron chi connectivity index (χ1n) is 5.87. The molecule has 110 valence electrons. The van der Waals surface area contributed by atoms with Crippen molar-refractivity contribution in [2.24, 2.45) is 0 Å². The van der Waals surface area contributed by atoms with Crippen LogP contribution in [0.3, 0.4) is 0 Å². The van der Waals surface area contributed by atoms with Crippen molar-refractivity contribution in [3.8, 4) is 0 Å². The first-order chi connectivity index (χ1) is 9.93. The number of carbonyl (C=O) groups is 2. The van der Waals surface area contributed by atoms with Gasteiger partial charge in [0.05, 0.1) is 18.4 Å². The van der Waals surface area contributed by atoms with Gasteiger partial charge in [0.15, 0.2) is 0 Å². The molecular formula is C14H11BrFNO3S. The van der Waals surface area contributed by atoms with Crippen molar-refractivity contribution in [3.05, 3.63) is 49.9 Å². The zero-order chi connectivity index (χ0) is 15.6. The molecule has 0 aliphatic heterocycles. The maximum absolute atomic E-state index is 13.0. The van der Waals surface area contributed by atoms with Crippen molar-refractivity contribution in [2.75, 3.05) is 12.4 Å². The predicted molar refractivity (Wildman–Crippen MR) is 82.4 cm³/mol. The van der Waals surface area contributed by atoms with Crippen LogP contribution in [0.15, 0.2) is 28.1 Å². The second-order valence-corrected chi connectivity index (χ2v) is 5.93. The number of hydrogen-bond acceptors (Lipinski definition) is 4. The molecule has 2 rings (SSSR count). The Labute approximate surface area is 133 Å². The fraction of sp³-hybridized carbons (Fsp3) is 0.143. The SMILES string of the molecule is COC(=O)c1scc(C)c1NC(=O)c1ccc(F)cc1Br. The second kappa shape index (κ2) is 6.36. The fourth-order valence-electron chi connectivity index (χ4n) is 1.70. The minimum Gasteiger partial charge on any atom is -0.465 e. The van der Waals surface area contributed by atoms with Crippen molar-refractivity contribution >= 4 is 44.8 Å². The lowest BCUT2D eigenvalue weighted by Gasteiger charge is -2.08. The standard InChI is InChI=1S/C14H11BrFNO3S/c1-7-6-21-12(14(19)20-2)11(7)17-13(18)9-4-3-8(16)5-10(9)15/h3-6H,1-2H3,(H,17,18). The summed E-state index contributed by atoms with van der Waals surface area (Å²) >= 11 is 4.33. The Kier molecular flexibility index (Phi) is 4.74. The number of esters is 1. The third kappa shape index (κ3) is 3.30. The highest BCUT2D eigenvalue weighted by atomic mass is 79.9. The molecule has 1 amide bonds. The number of thiophene rings is 1. The number of carbonyl (C=O) groups excluding carboxylic acids is 2. The minimum atomic E-state index is -0.512. The predicted octanol–water partition coefficient (Wildman–Crippen LogP) is 4.00. The van der Waals surface area contributed by atoms with Crippen LogP contribution in [0.25, 0.3) is 0 Å². The number of methoxy groups -OCH3 is 1. The Morgan fingerprint density at radius 3 is 2.71 bits per heavy atom. The van der Waals surface area contributed by atoms with Gasteiger partial charge in [-0.2, -0.15) is 0 Å². The summed E-state index contributed by atoms with van der Waals surface area (Å²) in [5.74, 6) is -1.39. The number of anilines is 1. The van der Waals surface area contributed by atoms with Crippen LogP contribution >= 0.6 is 27.3 Å². The highest BCUT2D eigenvalue weighted by Gasteiger charge is 2.20. The number of benzene rings is 1. The van der Waals surface area contributed by atoms with E-state index in [2.05, 4.69) is 26.0 Å². The molecule has 0 unspecified atom stereocenters. The van der Waals surface area contributed by atoms with Crippen LogP contribution < -0.4 is 5.32 Å². The number of hydrogen-bond donors (Lipinski definition) is 1. The van der Waals surface area contributed by atoms with Crippen LogP contribution in [-0.2, 0) is 4.74 Å². The molecule has 21 heavy (non-hydrogen) atoms. The van der Waals surface area contributed by atoms with E-state index in [9.17, 15) is 14.0 Å². The molecule has 0 aliphatic carbocycles. The number of aryl methyl sites for hydroxylation is 1. The van der Waals surface area contributed by atoms with Crippen LogP contribution in [0.5, 0.6) is 0 Å². The highest BCUT2D eigenvalue weighted by Crippen LogP contribution is 2.29. The molecule has 0 atom stereocenters. The van der Waals surface area contributed by atoms with Gasteiger partial charge in [-0.15, -0.1) is 11.3 Å². The lowest BCUT2D eigenvalue weighted by atomic mass is 10.2. The van der Waals surface area contributed by atoms with Gasteiger partial charge >= 0.3 is 5.97 Å². The molecule has 0 aliphatic rings. The average Bonchev–Trinajstić information content (AvgIpc) is 2.79. The largest absolute Gasteiger partial charge is 0.465 e. The Morgan fingerprint density at radius 1 is 1.38 bits per heavy atom. The molecular weight excluding hydrogens is 361 g/mol. The number of halogens is 2. The van der Waals surface area contributed by atoms with E-state index in [-0.39, 0.29) is 5.56 Å². The van der Waals surface area contributed by atoms with Crippen molar-refractivity contribution in [1.82, 2.24) is 0 Å². The first kappa shape index (κ1) is 15.7. The van der Waals surface area contributed by atoms with Gasteiger partial charge in [0.25, 0.3) is 5.91 Å². The summed E-state index contributed by atoms with van der Waals surface area (Å²) < 4.78 is 18.1. The van der Waals surface area contributed by atoms with Crippen LogP contribution in [0.4, 0.5) is 10.1 Å².